The Labute approximate surface area is 69.9 Å². The van der Waals surface area contributed by atoms with Gasteiger partial charge in [-0.1, -0.05) is 13.3 Å². The van der Waals surface area contributed by atoms with E-state index in [9.17, 15) is 0 Å². The lowest BCUT2D eigenvalue weighted by Crippen LogP contribution is -2.25. The van der Waals surface area contributed by atoms with Crippen LogP contribution < -0.4 is 5.32 Å². The second-order valence-corrected chi connectivity index (χ2v) is 3.09. The third kappa shape index (κ3) is 6.05. The quantitative estimate of drug-likeness (QED) is 0.568. The summed E-state index contributed by atoms with van der Waals surface area (Å²) in [5.41, 5.74) is 0.793. The molecular formula is C9H20N2. The van der Waals surface area contributed by atoms with E-state index in [2.05, 4.69) is 12.2 Å². The molecule has 2 heteroatoms. The van der Waals surface area contributed by atoms with Gasteiger partial charge in [0.05, 0.1) is 0 Å². The molecule has 0 aliphatic rings. The summed E-state index contributed by atoms with van der Waals surface area (Å²) in [4.78, 5) is 0. The minimum absolute atomic E-state index is 0.611. The zero-order valence-corrected chi connectivity index (χ0v) is 7.91. The molecule has 66 valence electrons. The fraction of sp³-hybridized carbons (Fsp3) is 0.889. The second kappa shape index (κ2) is 6.35. The fourth-order valence-electron chi connectivity index (χ4n) is 1.17. The van der Waals surface area contributed by atoms with Crippen molar-refractivity contribution >= 4 is 5.71 Å². The standard InChI is InChI=1S/C9H20N2/c1-4-5-9(11-3)7-6-8(2)10/h9-11H,4-7H2,1-3H3. The Bertz CT molecular complexity index is 110. The van der Waals surface area contributed by atoms with Crippen molar-refractivity contribution in [1.82, 2.24) is 5.32 Å². The van der Waals surface area contributed by atoms with Gasteiger partial charge in [-0.3, -0.25) is 0 Å². The van der Waals surface area contributed by atoms with Crippen LogP contribution in [0.3, 0.4) is 0 Å². The summed E-state index contributed by atoms with van der Waals surface area (Å²) >= 11 is 0. The summed E-state index contributed by atoms with van der Waals surface area (Å²) in [7, 11) is 2.00. The van der Waals surface area contributed by atoms with E-state index in [1.165, 1.54) is 12.8 Å². The molecule has 1 unspecified atom stereocenters. The minimum Gasteiger partial charge on any atom is -0.317 e. The molecule has 0 aromatic heterocycles. The van der Waals surface area contributed by atoms with E-state index >= 15 is 0 Å². The van der Waals surface area contributed by atoms with Gasteiger partial charge in [0.1, 0.15) is 0 Å². The number of nitrogens with one attached hydrogen (secondary N) is 2. The van der Waals surface area contributed by atoms with Crippen LogP contribution in [0.5, 0.6) is 0 Å². The molecule has 11 heavy (non-hydrogen) atoms. The molecule has 0 aliphatic carbocycles. The fourth-order valence-corrected chi connectivity index (χ4v) is 1.17. The Morgan fingerprint density at radius 2 is 2.09 bits per heavy atom. The number of rotatable bonds is 6. The van der Waals surface area contributed by atoms with E-state index < -0.39 is 0 Å². The third-order valence-electron chi connectivity index (χ3n) is 1.91. The highest BCUT2D eigenvalue weighted by Gasteiger charge is 2.03. The average molecular weight is 156 g/mol. The molecule has 0 aliphatic heterocycles. The molecule has 0 aromatic carbocycles. The van der Waals surface area contributed by atoms with Crippen molar-refractivity contribution in [2.75, 3.05) is 7.05 Å². The lowest BCUT2D eigenvalue weighted by Gasteiger charge is -2.13. The number of hydrogen-bond donors (Lipinski definition) is 2. The molecule has 0 aromatic rings. The van der Waals surface area contributed by atoms with Gasteiger partial charge in [0.2, 0.25) is 0 Å². The Morgan fingerprint density at radius 3 is 2.45 bits per heavy atom. The first-order chi connectivity index (χ1) is 5.20. The molecule has 0 saturated carbocycles. The first-order valence-electron chi connectivity index (χ1n) is 4.42. The molecule has 0 fully saturated rings. The van der Waals surface area contributed by atoms with Crippen LogP contribution in [0, 0.1) is 5.41 Å². The van der Waals surface area contributed by atoms with Crippen LogP contribution in [0.25, 0.3) is 0 Å². The van der Waals surface area contributed by atoms with Crippen molar-refractivity contribution in [3.63, 3.8) is 0 Å². The lowest BCUT2D eigenvalue weighted by atomic mass is 10.1. The molecule has 2 N–H and O–H groups in total. The normalized spacial score (nSPS) is 13.0. The largest absolute Gasteiger partial charge is 0.317 e. The maximum Gasteiger partial charge on any atom is 0.00675 e. The summed E-state index contributed by atoms with van der Waals surface area (Å²) in [6, 6.07) is 0.611. The van der Waals surface area contributed by atoms with E-state index in [0.29, 0.717) is 6.04 Å². The first kappa shape index (κ1) is 10.6. The summed E-state index contributed by atoms with van der Waals surface area (Å²) < 4.78 is 0. The number of hydrogen-bond acceptors (Lipinski definition) is 2. The van der Waals surface area contributed by atoms with Crippen molar-refractivity contribution in [2.24, 2.45) is 0 Å². The summed E-state index contributed by atoms with van der Waals surface area (Å²) in [5, 5.41) is 10.5. The maximum atomic E-state index is 7.27. The van der Waals surface area contributed by atoms with Gasteiger partial charge in [-0.15, -0.1) is 0 Å². The van der Waals surface area contributed by atoms with E-state index in [4.69, 9.17) is 5.41 Å². The SMILES string of the molecule is CCCC(CCC(C)=N)NC. The van der Waals surface area contributed by atoms with Gasteiger partial charge >= 0.3 is 0 Å². The van der Waals surface area contributed by atoms with Crippen LogP contribution in [-0.2, 0) is 0 Å². The topological polar surface area (TPSA) is 35.9 Å². The molecule has 0 saturated heterocycles. The van der Waals surface area contributed by atoms with Crippen LogP contribution >= 0.6 is 0 Å². The summed E-state index contributed by atoms with van der Waals surface area (Å²) in [5.74, 6) is 0. The van der Waals surface area contributed by atoms with Crippen molar-refractivity contribution in [1.29, 1.82) is 5.41 Å². The second-order valence-electron chi connectivity index (χ2n) is 3.09. The highest BCUT2D eigenvalue weighted by molar-refractivity contribution is 5.78. The lowest BCUT2D eigenvalue weighted by molar-refractivity contribution is 0.491. The molecular weight excluding hydrogens is 136 g/mol. The van der Waals surface area contributed by atoms with Crippen LogP contribution in [0.4, 0.5) is 0 Å². The summed E-state index contributed by atoms with van der Waals surface area (Å²) in [6.07, 6.45) is 4.50. The van der Waals surface area contributed by atoms with Gasteiger partial charge in [0, 0.05) is 11.8 Å². The van der Waals surface area contributed by atoms with E-state index in [0.717, 1.165) is 18.6 Å². The van der Waals surface area contributed by atoms with Gasteiger partial charge in [-0.2, -0.15) is 0 Å². The van der Waals surface area contributed by atoms with Crippen LogP contribution in [0.1, 0.15) is 39.5 Å². The zero-order chi connectivity index (χ0) is 8.69. The predicted molar refractivity (Wildman–Crippen MR) is 50.4 cm³/mol. The average Bonchev–Trinajstić information content (AvgIpc) is 1.97. The molecule has 0 spiro atoms. The van der Waals surface area contributed by atoms with Crippen LogP contribution in [0.2, 0.25) is 0 Å². The Kier molecular flexibility index (Phi) is 6.13. The maximum absolute atomic E-state index is 7.27. The van der Waals surface area contributed by atoms with Crippen molar-refractivity contribution < 1.29 is 0 Å². The van der Waals surface area contributed by atoms with Crippen LogP contribution in [-0.4, -0.2) is 18.8 Å². The van der Waals surface area contributed by atoms with Crippen molar-refractivity contribution in [3.8, 4) is 0 Å². The van der Waals surface area contributed by atoms with Gasteiger partial charge in [0.15, 0.2) is 0 Å². The highest BCUT2D eigenvalue weighted by Crippen LogP contribution is 2.04. The van der Waals surface area contributed by atoms with Gasteiger partial charge in [0.25, 0.3) is 0 Å². The molecule has 0 bridgehead atoms. The van der Waals surface area contributed by atoms with Gasteiger partial charge in [-0.05, 0) is 33.2 Å². The van der Waals surface area contributed by atoms with Crippen molar-refractivity contribution in [2.45, 2.75) is 45.6 Å². The monoisotopic (exact) mass is 156 g/mol. The first-order valence-corrected chi connectivity index (χ1v) is 4.42. The molecule has 0 heterocycles. The zero-order valence-electron chi connectivity index (χ0n) is 7.91. The van der Waals surface area contributed by atoms with Crippen LogP contribution in [0.15, 0.2) is 0 Å². The smallest absolute Gasteiger partial charge is 0.00675 e. The van der Waals surface area contributed by atoms with Crippen molar-refractivity contribution in [3.05, 3.63) is 0 Å². The summed E-state index contributed by atoms with van der Waals surface area (Å²) in [6.45, 7) is 4.07. The highest BCUT2D eigenvalue weighted by atomic mass is 14.9. The Balaban J connectivity index is 3.43. The molecule has 1 atom stereocenters. The molecule has 0 rings (SSSR count). The molecule has 0 amide bonds. The molecule has 0 radical (unpaired) electrons. The van der Waals surface area contributed by atoms with E-state index in [1.807, 2.05) is 14.0 Å². The minimum atomic E-state index is 0.611. The van der Waals surface area contributed by atoms with Gasteiger partial charge < -0.3 is 10.7 Å². The Hall–Kier alpha value is -0.370. The van der Waals surface area contributed by atoms with E-state index in [1.54, 1.807) is 0 Å². The molecule has 2 nitrogen and oxygen atoms in total. The predicted octanol–water partition coefficient (Wildman–Crippen LogP) is 2.19. The third-order valence-corrected chi connectivity index (χ3v) is 1.91. The Morgan fingerprint density at radius 1 is 1.45 bits per heavy atom. The van der Waals surface area contributed by atoms with Gasteiger partial charge in [-0.25, -0.2) is 0 Å². The van der Waals surface area contributed by atoms with E-state index in [-0.39, 0.29) is 0 Å².